The molecule has 1 fully saturated rings. The second kappa shape index (κ2) is 5.05. The monoisotopic (exact) mass is 311 g/mol. The number of carbonyl (C=O) groups excluding carboxylic acids is 2. The molecule has 13 nitrogen and oxygen atoms in total. The van der Waals surface area contributed by atoms with Crippen molar-refractivity contribution in [1.82, 2.24) is 25.8 Å². The van der Waals surface area contributed by atoms with E-state index in [4.69, 9.17) is 9.68 Å². The van der Waals surface area contributed by atoms with E-state index in [1.54, 1.807) is 0 Å². The van der Waals surface area contributed by atoms with Crippen LogP contribution in [0.4, 0.5) is 10.5 Å². The van der Waals surface area contributed by atoms with Crippen molar-refractivity contribution >= 4 is 17.6 Å². The number of aromatic nitrogens is 2. The molecule has 3 heterocycles. The zero-order chi connectivity index (χ0) is 15.9. The SMILES string of the molecule is CN1Oc2[nH]c(=O)[nH]c(=O)c2/N=N/C2C(=O)NC(=O)NC2O1. The van der Waals surface area contributed by atoms with Gasteiger partial charge in [-0.2, -0.15) is 5.11 Å². The van der Waals surface area contributed by atoms with E-state index in [1.807, 2.05) is 10.3 Å². The molecule has 2 aliphatic heterocycles. The van der Waals surface area contributed by atoms with Crippen molar-refractivity contribution in [3.05, 3.63) is 20.8 Å². The molecule has 13 heteroatoms. The van der Waals surface area contributed by atoms with Crippen LogP contribution in [0.25, 0.3) is 0 Å². The van der Waals surface area contributed by atoms with Gasteiger partial charge >= 0.3 is 11.7 Å². The van der Waals surface area contributed by atoms with E-state index in [9.17, 15) is 19.2 Å². The van der Waals surface area contributed by atoms with E-state index < -0.39 is 35.5 Å². The molecule has 3 amide bonds. The van der Waals surface area contributed by atoms with Crippen molar-refractivity contribution in [2.45, 2.75) is 12.3 Å². The number of urea groups is 1. The van der Waals surface area contributed by atoms with Gasteiger partial charge in [-0.25, -0.2) is 14.4 Å². The number of fused-ring (bicyclic) bond motifs is 2. The molecular formula is C9H9N7O6. The van der Waals surface area contributed by atoms with E-state index in [-0.39, 0.29) is 11.6 Å². The smallest absolute Gasteiger partial charge is 0.328 e. The lowest BCUT2D eigenvalue weighted by Crippen LogP contribution is -2.62. The molecule has 0 aliphatic carbocycles. The van der Waals surface area contributed by atoms with Crippen LogP contribution in [0.2, 0.25) is 0 Å². The van der Waals surface area contributed by atoms with Gasteiger partial charge in [0.25, 0.3) is 17.3 Å². The number of hydroxylamine groups is 2. The molecule has 1 saturated heterocycles. The predicted octanol–water partition coefficient (Wildman–Crippen LogP) is -2.15. The Labute approximate surface area is 120 Å². The van der Waals surface area contributed by atoms with Gasteiger partial charge in [-0.15, -0.1) is 5.11 Å². The number of aromatic amines is 2. The number of azo groups is 1. The maximum Gasteiger partial charge on any atom is 0.328 e. The number of nitrogens with one attached hydrogen (secondary N) is 4. The van der Waals surface area contributed by atoms with Crippen molar-refractivity contribution in [1.29, 1.82) is 0 Å². The third kappa shape index (κ3) is 2.45. The van der Waals surface area contributed by atoms with Crippen LogP contribution < -0.4 is 26.7 Å². The van der Waals surface area contributed by atoms with Gasteiger partial charge in [0.15, 0.2) is 12.3 Å². The van der Waals surface area contributed by atoms with E-state index in [0.29, 0.717) is 0 Å². The third-order valence-corrected chi connectivity index (χ3v) is 2.71. The minimum atomic E-state index is -1.25. The first-order chi connectivity index (χ1) is 10.4. The fourth-order valence-corrected chi connectivity index (χ4v) is 1.81. The van der Waals surface area contributed by atoms with E-state index in [0.717, 1.165) is 5.23 Å². The van der Waals surface area contributed by atoms with E-state index >= 15 is 0 Å². The molecule has 2 atom stereocenters. The fraction of sp³-hybridized carbons (Fsp3) is 0.333. The van der Waals surface area contributed by atoms with E-state index in [1.165, 1.54) is 7.05 Å². The second-order valence-corrected chi connectivity index (χ2v) is 4.27. The zero-order valence-corrected chi connectivity index (χ0v) is 10.9. The highest BCUT2D eigenvalue weighted by molar-refractivity contribution is 6.00. The van der Waals surface area contributed by atoms with Crippen LogP contribution in [0.15, 0.2) is 19.8 Å². The normalized spacial score (nSPS) is 26.2. The summed E-state index contributed by atoms with van der Waals surface area (Å²) in [5.41, 5.74) is -2.05. The largest absolute Gasteiger partial charge is 0.360 e. The lowest BCUT2D eigenvalue weighted by molar-refractivity contribution is -0.329. The summed E-state index contributed by atoms with van der Waals surface area (Å²) in [6.07, 6.45) is -1.20. The highest BCUT2D eigenvalue weighted by Crippen LogP contribution is 2.23. The number of H-pyrrole nitrogens is 2. The minimum Gasteiger partial charge on any atom is -0.360 e. The van der Waals surface area contributed by atoms with Gasteiger partial charge in [0.2, 0.25) is 5.69 Å². The lowest BCUT2D eigenvalue weighted by atomic mass is 10.2. The molecule has 2 unspecified atom stereocenters. The molecule has 116 valence electrons. The highest BCUT2D eigenvalue weighted by Gasteiger charge is 2.39. The number of hydrogen-bond donors (Lipinski definition) is 4. The van der Waals surface area contributed by atoms with Crippen LogP contribution in [-0.4, -0.2) is 46.5 Å². The van der Waals surface area contributed by atoms with Gasteiger partial charge in [0.1, 0.15) is 0 Å². The van der Waals surface area contributed by atoms with Crippen molar-refractivity contribution in [3.63, 3.8) is 0 Å². The molecule has 2 aliphatic rings. The van der Waals surface area contributed by atoms with Gasteiger partial charge in [-0.3, -0.25) is 24.9 Å². The minimum absolute atomic E-state index is 0.328. The van der Waals surface area contributed by atoms with Gasteiger partial charge in [-0.1, -0.05) is 0 Å². The van der Waals surface area contributed by atoms with Crippen LogP contribution in [0.3, 0.4) is 0 Å². The highest BCUT2D eigenvalue weighted by atomic mass is 17.0. The summed E-state index contributed by atoms with van der Waals surface area (Å²) < 4.78 is 0. The summed E-state index contributed by atoms with van der Waals surface area (Å²) in [4.78, 5) is 60.4. The van der Waals surface area contributed by atoms with Crippen LogP contribution in [0, 0.1) is 0 Å². The Balaban J connectivity index is 2.07. The van der Waals surface area contributed by atoms with Crippen molar-refractivity contribution in [2.75, 3.05) is 7.05 Å². The third-order valence-electron chi connectivity index (χ3n) is 2.71. The summed E-state index contributed by atoms with van der Waals surface area (Å²) in [5, 5.41) is 12.3. The average Bonchev–Trinajstić information content (AvgIpc) is 2.45. The molecule has 22 heavy (non-hydrogen) atoms. The molecule has 0 bridgehead atoms. The molecular weight excluding hydrogens is 302 g/mol. The summed E-state index contributed by atoms with van der Waals surface area (Å²) in [7, 11) is 1.28. The Morgan fingerprint density at radius 2 is 1.95 bits per heavy atom. The average molecular weight is 311 g/mol. The molecule has 0 saturated carbocycles. The number of rotatable bonds is 0. The molecule has 3 rings (SSSR count). The van der Waals surface area contributed by atoms with Crippen LogP contribution in [-0.2, 0) is 9.63 Å². The number of nitrogens with zero attached hydrogens (tertiary/aromatic N) is 3. The standard InChI is InChI=1S/C9H9N7O6/c1-16-21-6-2(4(17)10-8(19)12-6)14-15-3-5(18)11-9(20)13-7(3)22-16/h2,6H,1H3,(H2,10,12,17,19)(H2,11,13,18,20)/b15-14+. The lowest BCUT2D eigenvalue weighted by Gasteiger charge is -2.29. The summed E-state index contributed by atoms with van der Waals surface area (Å²) in [6.45, 7) is 0. The topological polar surface area (TPSA) is 170 Å². The number of carbonyl (C=O) groups is 2. The molecule has 0 spiro atoms. The predicted molar refractivity (Wildman–Crippen MR) is 65.9 cm³/mol. The Hall–Kier alpha value is -3.06. The maximum atomic E-state index is 11.8. The van der Waals surface area contributed by atoms with Crippen molar-refractivity contribution in [3.8, 4) is 5.88 Å². The quantitative estimate of drug-likeness (QED) is 0.423. The van der Waals surface area contributed by atoms with Gasteiger partial charge in [0.05, 0.1) is 7.05 Å². The van der Waals surface area contributed by atoms with Crippen molar-refractivity contribution in [2.24, 2.45) is 10.2 Å². The Kier molecular flexibility index (Phi) is 3.19. The zero-order valence-electron chi connectivity index (χ0n) is 10.9. The van der Waals surface area contributed by atoms with E-state index in [2.05, 4.69) is 20.5 Å². The first kappa shape index (κ1) is 13.9. The maximum absolute atomic E-state index is 11.8. The van der Waals surface area contributed by atoms with Crippen molar-refractivity contribution < 1.29 is 19.3 Å². The Bertz CT molecular complexity index is 781. The Morgan fingerprint density at radius 1 is 1.18 bits per heavy atom. The number of hydrogen-bond acceptors (Lipinski definition) is 9. The Morgan fingerprint density at radius 3 is 2.73 bits per heavy atom. The van der Waals surface area contributed by atoms with Crippen LogP contribution in [0.1, 0.15) is 0 Å². The second-order valence-electron chi connectivity index (χ2n) is 4.27. The molecule has 1 aromatic rings. The summed E-state index contributed by atoms with van der Waals surface area (Å²) in [6, 6.07) is -2.03. The van der Waals surface area contributed by atoms with Crippen LogP contribution >= 0.6 is 0 Å². The van der Waals surface area contributed by atoms with Crippen LogP contribution in [0.5, 0.6) is 5.88 Å². The van der Waals surface area contributed by atoms with Gasteiger partial charge in [0, 0.05) is 0 Å². The number of imide groups is 1. The molecule has 1 aromatic heterocycles. The fourth-order valence-electron chi connectivity index (χ4n) is 1.81. The van der Waals surface area contributed by atoms with Gasteiger partial charge in [-0.05, 0) is 5.23 Å². The first-order valence-electron chi connectivity index (χ1n) is 5.91. The summed E-state index contributed by atoms with van der Waals surface area (Å²) in [5.74, 6) is -1.10. The first-order valence-corrected chi connectivity index (χ1v) is 5.91. The molecule has 0 radical (unpaired) electrons. The molecule has 0 aromatic carbocycles. The summed E-state index contributed by atoms with van der Waals surface area (Å²) >= 11 is 0. The molecule has 4 N–H and O–H groups in total. The van der Waals surface area contributed by atoms with Gasteiger partial charge < -0.3 is 10.2 Å². The number of amides is 3.